The van der Waals surface area contributed by atoms with Crippen LogP contribution in [0.1, 0.15) is 12.8 Å². The first-order valence-corrected chi connectivity index (χ1v) is 7.29. The Labute approximate surface area is 132 Å². The highest BCUT2D eigenvalue weighted by molar-refractivity contribution is 5.29. The minimum absolute atomic E-state index is 0.0915. The summed E-state index contributed by atoms with van der Waals surface area (Å²) in [7, 11) is 1.67. The fraction of sp³-hybridized carbons (Fsp3) is 0.467. The molecule has 23 heavy (non-hydrogen) atoms. The number of piperidine rings is 1. The Morgan fingerprint density at radius 3 is 2.43 bits per heavy atom. The molecule has 0 aromatic heterocycles. The van der Waals surface area contributed by atoms with Gasteiger partial charge >= 0.3 is 0 Å². The third-order valence-corrected chi connectivity index (χ3v) is 4.55. The van der Waals surface area contributed by atoms with Crippen molar-refractivity contribution < 1.29 is 14.6 Å². The SMILES string of the molecule is CN1C[C@]2([N+](=O)[O-])CC=C(Oc3ccccc3)[C@]([N+](=O)[O-])(C1)C2. The van der Waals surface area contributed by atoms with Crippen molar-refractivity contribution in [3.63, 3.8) is 0 Å². The van der Waals surface area contributed by atoms with Gasteiger partial charge in [0.1, 0.15) is 5.75 Å². The number of hydrogen-bond acceptors (Lipinski definition) is 6. The Hall–Kier alpha value is -2.48. The van der Waals surface area contributed by atoms with E-state index in [-0.39, 0.29) is 36.6 Å². The van der Waals surface area contributed by atoms with Crippen molar-refractivity contribution in [1.82, 2.24) is 4.90 Å². The highest BCUT2D eigenvalue weighted by Gasteiger charge is 2.66. The summed E-state index contributed by atoms with van der Waals surface area (Å²) in [4.78, 5) is 24.2. The van der Waals surface area contributed by atoms with Gasteiger partial charge in [0.25, 0.3) is 5.54 Å². The molecule has 1 aliphatic heterocycles. The minimum atomic E-state index is -1.59. The molecule has 2 atom stereocenters. The molecule has 0 radical (unpaired) electrons. The van der Waals surface area contributed by atoms with E-state index in [1.54, 1.807) is 36.2 Å². The van der Waals surface area contributed by atoms with Crippen LogP contribution in [-0.2, 0) is 0 Å². The molecule has 1 aromatic carbocycles. The highest BCUT2D eigenvalue weighted by atomic mass is 16.6. The molecule has 2 bridgehead atoms. The van der Waals surface area contributed by atoms with Gasteiger partial charge in [-0.25, -0.2) is 0 Å². The number of nitrogens with zero attached hydrogens (tertiary/aromatic N) is 3. The highest BCUT2D eigenvalue weighted by Crippen LogP contribution is 2.44. The molecule has 0 amide bonds. The van der Waals surface area contributed by atoms with Crippen LogP contribution in [-0.4, -0.2) is 46.0 Å². The number of ether oxygens (including phenoxy) is 1. The van der Waals surface area contributed by atoms with Crippen LogP contribution in [0.15, 0.2) is 42.2 Å². The van der Waals surface area contributed by atoms with Crippen molar-refractivity contribution in [1.29, 1.82) is 0 Å². The molecule has 1 heterocycles. The maximum Gasteiger partial charge on any atom is 0.297 e. The van der Waals surface area contributed by atoms with Gasteiger partial charge in [-0.05, 0) is 25.3 Å². The molecule has 0 saturated carbocycles. The largest absolute Gasteiger partial charge is 0.454 e. The van der Waals surface area contributed by atoms with Crippen LogP contribution < -0.4 is 4.74 Å². The van der Waals surface area contributed by atoms with E-state index >= 15 is 0 Å². The lowest BCUT2D eigenvalue weighted by Gasteiger charge is -2.44. The second-order valence-electron chi connectivity index (χ2n) is 6.31. The first kappa shape index (κ1) is 15.4. The third-order valence-electron chi connectivity index (χ3n) is 4.55. The molecule has 1 saturated heterocycles. The Bertz CT molecular complexity index is 677. The Kier molecular flexibility index (Phi) is 3.56. The van der Waals surface area contributed by atoms with Gasteiger partial charge in [0.05, 0.1) is 19.5 Å². The van der Waals surface area contributed by atoms with Crippen molar-refractivity contribution in [2.75, 3.05) is 20.1 Å². The summed E-state index contributed by atoms with van der Waals surface area (Å²) in [6.07, 6.45) is 1.50. The Morgan fingerprint density at radius 1 is 1.13 bits per heavy atom. The van der Waals surface area contributed by atoms with Crippen molar-refractivity contribution in [2.24, 2.45) is 0 Å². The monoisotopic (exact) mass is 319 g/mol. The van der Waals surface area contributed by atoms with Crippen LogP contribution in [0.5, 0.6) is 5.75 Å². The van der Waals surface area contributed by atoms with Gasteiger partial charge in [0, 0.05) is 16.3 Å². The van der Waals surface area contributed by atoms with E-state index in [1.165, 1.54) is 6.08 Å². The summed E-state index contributed by atoms with van der Waals surface area (Å²) in [5.74, 6) is 0.680. The summed E-state index contributed by atoms with van der Waals surface area (Å²) < 4.78 is 5.75. The number of nitro groups is 2. The molecule has 0 N–H and O–H groups in total. The van der Waals surface area contributed by atoms with Crippen molar-refractivity contribution >= 4 is 0 Å². The van der Waals surface area contributed by atoms with Crippen LogP contribution >= 0.6 is 0 Å². The van der Waals surface area contributed by atoms with Gasteiger partial charge in [0.2, 0.25) is 5.54 Å². The number of benzene rings is 1. The molecular formula is C15H17N3O5. The van der Waals surface area contributed by atoms with Crippen LogP contribution in [0.25, 0.3) is 0 Å². The van der Waals surface area contributed by atoms with Crippen LogP contribution in [0.2, 0.25) is 0 Å². The van der Waals surface area contributed by atoms with Crippen LogP contribution in [0.3, 0.4) is 0 Å². The number of likely N-dealkylation sites (N-methyl/N-ethyl adjacent to an activating group) is 1. The molecule has 8 heteroatoms. The molecule has 0 unspecified atom stereocenters. The topological polar surface area (TPSA) is 98.8 Å². The standard InChI is InChI=1S/C15H17N3O5/c1-16-10-14(17(19)20)8-7-13(15(9-14,11-16)18(21)22)23-12-5-3-2-4-6-12/h2-7H,8-11H2,1H3/t14-,15+/m0/s1. The number of hydrogen-bond donors (Lipinski definition) is 0. The van der Waals surface area contributed by atoms with Gasteiger partial charge in [-0.3, -0.25) is 25.1 Å². The van der Waals surface area contributed by atoms with E-state index in [9.17, 15) is 20.2 Å². The van der Waals surface area contributed by atoms with Gasteiger partial charge in [-0.2, -0.15) is 0 Å². The fourth-order valence-electron chi connectivity index (χ4n) is 3.60. The van der Waals surface area contributed by atoms with E-state index in [2.05, 4.69) is 0 Å². The average molecular weight is 319 g/mol. The third kappa shape index (κ3) is 2.44. The molecule has 1 fully saturated rings. The van der Waals surface area contributed by atoms with Crippen molar-refractivity contribution in [3.05, 3.63) is 62.4 Å². The van der Waals surface area contributed by atoms with Crippen molar-refractivity contribution in [2.45, 2.75) is 23.9 Å². The summed E-state index contributed by atoms with van der Waals surface area (Å²) >= 11 is 0. The maximum absolute atomic E-state index is 11.8. The smallest absolute Gasteiger partial charge is 0.297 e. The first-order valence-electron chi connectivity index (χ1n) is 7.29. The molecular weight excluding hydrogens is 302 g/mol. The molecule has 1 aliphatic carbocycles. The number of fused-ring (bicyclic) bond motifs is 2. The number of para-hydroxylation sites is 1. The van der Waals surface area contributed by atoms with Crippen molar-refractivity contribution in [3.8, 4) is 5.75 Å². The first-order chi connectivity index (χ1) is 10.9. The number of likely N-dealkylation sites (tertiary alicyclic amines) is 1. The molecule has 1 aromatic rings. The van der Waals surface area contributed by atoms with Gasteiger partial charge < -0.3 is 4.74 Å². The minimum Gasteiger partial charge on any atom is -0.454 e. The molecule has 122 valence electrons. The Balaban J connectivity index is 2.04. The summed E-state index contributed by atoms with van der Waals surface area (Å²) in [6.45, 7) is 0.291. The lowest BCUT2D eigenvalue weighted by molar-refractivity contribution is -0.623. The lowest BCUT2D eigenvalue weighted by atomic mass is 9.71. The zero-order chi connectivity index (χ0) is 16.7. The van der Waals surface area contributed by atoms with E-state index in [0.29, 0.717) is 5.75 Å². The molecule has 0 spiro atoms. The van der Waals surface area contributed by atoms with E-state index in [1.807, 2.05) is 6.07 Å². The summed E-state index contributed by atoms with van der Waals surface area (Å²) in [5.41, 5.74) is -2.92. The van der Waals surface area contributed by atoms with E-state index in [0.717, 1.165) is 0 Å². The lowest BCUT2D eigenvalue weighted by Crippen LogP contribution is -2.67. The van der Waals surface area contributed by atoms with Gasteiger partial charge in [0.15, 0.2) is 5.76 Å². The van der Waals surface area contributed by atoms with Gasteiger partial charge in [-0.15, -0.1) is 0 Å². The van der Waals surface area contributed by atoms with E-state index in [4.69, 9.17) is 4.74 Å². The molecule has 2 aliphatic rings. The summed E-state index contributed by atoms with van der Waals surface area (Å²) in [6, 6.07) is 8.77. The maximum atomic E-state index is 11.8. The quantitative estimate of drug-likeness (QED) is 0.619. The van der Waals surface area contributed by atoms with E-state index < -0.39 is 16.0 Å². The van der Waals surface area contributed by atoms with Gasteiger partial charge in [-0.1, -0.05) is 18.2 Å². The average Bonchev–Trinajstić information content (AvgIpc) is 2.50. The zero-order valence-corrected chi connectivity index (χ0v) is 12.7. The Morgan fingerprint density at radius 2 is 1.83 bits per heavy atom. The summed E-state index contributed by atoms with van der Waals surface area (Å²) in [5, 5.41) is 23.4. The van der Waals surface area contributed by atoms with Crippen LogP contribution in [0, 0.1) is 20.2 Å². The predicted octanol–water partition coefficient (Wildman–Crippen LogP) is 1.72. The zero-order valence-electron chi connectivity index (χ0n) is 12.7. The van der Waals surface area contributed by atoms with Crippen LogP contribution in [0.4, 0.5) is 0 Å². The predicted molar refractivity (Wildman–Crippen MR) is 81.3 cm³/mol. The second-order valence-corrected chi connectivity index (χ2v) is 6.31. The fourth-order valence-corrected chi connectivity index (χ4v) is 3.60. The normalized spacial score (nSPS) is 30.4. The second kappa shape index (κ2) is 5.31. The number of rotatable bonds is 4. The molecule has 3 rings (SSSR count). The molecule has 8 nitrogen and oxygen atoms in total.